The van der Waals surface area contributed by atoms with Crippen LogP contribution in [0.5, 0.6) is 11.5 Å². The molecule has 1 aliphatic heterocycles. The third-order valence-corrected chi connectivity index (χ3v) is 2.19. The summed E-state index contributed by atoms with van der Waals surface area (Å²) in [4.78, 5) is 21.6. The minimum atomic E-state index is -1.17. The number of nitrogens with one attached hydrogen (secondary N) is 1. The Kier molecular flexibility index (Phi) is 3.47. The molecule has 1 aromatic carbocycles. The molecule has 2 N–H and O–H groups in total. The van der Waals surface area contributed by atoms with Crippen LogP contribution in [-0.2, 0) is 9.59 Å². The van der Waals surface area contributed by atoms with Gasteiger partial charge in [0.15, 0.2) is 11.5 Å². The van der Waals surface area contributed by atoms with Gasteiger partial charge in [0.2, 0.25) is 5.91 Å². The fraction of sp³-hybridized carbons (Fsp3) is 0.167. The second-order valence-electron chi connectivity index (χ2n) is 3.52. The van der Waals surface area contributed by atoms with E-state index in [4.69, 9.17) is 14.6 Å². The summed E-state index contributed by atoms with van der Waals surface area (Å²) < 4.78 is 10.7. The Morgan fingerprint density at radius 2 is 1.89 bits per heavy atom. The van der Waals surface area contributed by atoms with Gasteiger partial charge in [-0.25, -0.2) is 4.79 Å². The van der Waals surface area contributed by atoms with Crippen molar-refractivity contribution in [3.8, 4) is 11.5 Å². The van der Waals surface area contributed by atoms with Crippen molar-refractivity contribution in [2.75, 3.05) is 18.5 Å². The number of anilines is 1. The molecule has 6 nitrogen and oxygen atoms in total. The summed E-state index contributed by atoms with van der Waals surface area (Å²) in [6.07, 6.45) is 1.71. The summed E-state index contributed by atoms with van der Waals surface area (Å²) in [6.45, 7) is 0.962. The highest BCUT2D eigenvalue weighted by Gasteiger charge is 2.12. The number of hydrogen-bond acceptors (Lipinski definition) is 4. The fourth-order valence-corrected chi connectivity index (χ4v) is 1.45. The normalized spacial score (nSPS) is 13.3. The zero-order valence-corrected chi connectivity index (χ0v) is 9.38. The van der Waals surface area contributed by atoms with Gasteiger partial charge in [0.25, 0.3) is 0 Å². The Bertz CT molecular complexity index is 509. The average molecular weight is 249 g/mol. The Hall–Kier alpha value is -2.50. The lowest BCUT2D eigenvalue weighted by Gasteiger charge is -2.18. The molecule has 0 saturated carbocycles. The van der Waals surface area contributed by atoms with Gasteiger partial charge >= 0.3 is 5.97 Å². The highest BCUT2D eigenvalue weighted by molar-refractivity contribution is 6.02. The van der Waals surface area contributed by atoms with Crippen LogP contribution >= 0.6 is 0 Å². The van der Waals surface area contributed by atoms with Gasteiger partial charge in [-0.15, -0.1) is 0 Å². The molecule has 2 rings (SSSR count). The topological polar surface area (TPSA) is 84.9 Å². The molecule has 0 bridgehead atoms. The van der Waals surface area contributed by atoms with Crippen molar-refractivity contribution in [3.63, 3.8) is 0 Å². The number of rotatable bonds is 3. The first-order chi connectivity index (χ1) is 8.65. The number of fused-ring (bicyclic) bond motifs is 1. The third-order valence-electron chi connectivity index (χ3n) is 2.19. The molecule has 1 aliphatic rings. The minimum Gasteiger partial charge on any atom is -0.486 e. The second kappa shape index (κ2) is 5.22. The maximum absolute atomic E-state index is 11.4. The third kappa shape index (κ3) is 3.00. The smallest absolute Gasteiger partial charge is 0.328 e. The number of hydrogen-bond donors (Lipinski definition) is 2. The van der Waals surface area contributed by atoms with Crippen molar-refractivity contribution in [2.45, 2.75) is 0 Å². The number of aliphatic carboxylic acids is 1. The standard InChI is InChI=1S/C12H11NO5/c14-11(3-4-12(15)16)13-8-1-2-9-10(7-8)18-6-5-17-9/h1-4,7H,5-6H2,(H,13,14)(H,15,16)/b4-3+. The monoisotopic (exact) mass is 249 g/mol. The highest BCUT2D eigenvalue weighted by atomic mass is 16.6. The SMILES string of the molecule is O=C(O)/C=C/C(=O)Nc1ccc2c(c1)OCCO2. The zero-order valence-electron chi connectivity index (χ0n) is 9.38. The van der Waals surface area contributed by atoms with Crippen molar-refractivity contribution in [1.29, 1.82) is 0 Å². The number of benzene rings is 1. The van der Waals surface area contributed by atoms with E-state index in [1.807, 2.05) is 0 Å². The number of carboxylic acid groups (broad SMARTS) is 1. The average Bonchev–Trinajstić information content (AvgIpc) is 2.36. The van der Waals surface area contributed by atoms with Crippen LogP contribution < -0.4 is 14.8 Å². The number of carbonyl (C=O) groups is 2. The lowest BCUT2D eigenvalue weighted by Crippen LogP contribution is -2.16. The van der Waals surface area contributed by atoms with E-state index in [9.17, 15) is 9.59 Å². The first-order valence-corrected chi connectivity index (χ1v) is 5.27. The lowest BCUT2D eigenvalue weighted by molar-refractivity contribution is -0.131. The molecule has 18 heavy (non-hydrogen) atoms. The van der Waals surface area contributed by atoms with E-state index in [-0.39, 0.29) is 0 Å². The summed E-state index contributed by atoms with van der Waals surface area (Å²) in [7, 11) is 0. The van der Waals surface area contributed by atoms with E-state index in [1.165, 1.54) is 0 Å². The number of carboxylic acids is 1. The predicted molar refractivity (Wildman–Crippen MR) is 62.8 cm³/mol. The molecule has 0 saturated heterocycles. The van der Waals surface area contributed by atoms with Crippen molar-refractivity contribution in [1.82, 2.24) is 0 Å². The maximum Gasteiger partial charge on any atom is 0.328 e. The molecule has 0 spiro atoms. The van der Waals surface area contributed by atoms with Crippen LogP contribution in [0.25, 0.3) is 0 Å². The fourth-order valence-electron chi connectivity index (χ4n) is 1.45. The Morgan fingerprint density at radius 1 is 1.17 bits per heavy atom. The summed E-state index contributed by atoms with van der Waals surface area (Å²) >= 11 is 0. The summed E-state index contributed by atoms with van der Waals surface area (Å²) in [5, 5.41) is 10.9. The van der Waals surface area contributed by atoms with Crippen molar-refractivity contribution in [3.05, 3.63) is 30.4 Å². The molecule has 1 aromatic rings. The molecule has 0 aliphatic carbocycles. The molecule has 0 unspecified atom stereocenters. The van der Waals surface area contributed by atoms with Gasteiger partial charge in [-0.2, -0.15) is 0 Å². The number of amides is 1. The van der Waals surface area contributed by atoms with Crippen LogP contribution in [0.2, 0.25) is 0 Å². The predicted octanol–water partition coefficient (Wildman–Crippen LogP) is 1.04. The van der Waals surface area contributed by atoms with Gasteiger partial charge in [-0.1, -0.05) is 0 Å². The first-order valence-electron chi connectivity index (χ1n) is 5.27. The van der Waals surface area contributed by atoms with Gasteiger partial charge in [-0.3, -0.25) is 4.79 Å². The molecule has 0 fully saturated rings. The second-order valence-corrected chi connectivity index (χ2v) is 3.52. The first kappa shape index (κ1) is 12.0. The van der Waals surface area contributed by atoms with Crippen molar-refractivity contribution in [2.24, 2.45) is 0 Å². The summed E-state index contributed by atoms with van der Waals surface area (Å²) in [5.74, 6) is -0.511. The number of ether oxygens (including phenoxy) is 2. The molecule has 1 amide bonds. The van der Waals surface area contributed by atoms with Crippen LogP contribution in [0.3, 0.4) is 0 Å². The van der Waals surface area contributed by atoms with Gasteiger partial charge in [-0.05, 0) is 12.1 Å². The molecule has 94 valence electrons. The van der Waals surface area contributed by atoms with E-state index in [1.54, 1.807) is 18.2 Å². The molecule has 6 heteroatoms. The molecule has 0 atom stereocenters. The van der Waals surface area contributed by atoms with E-state index < -0.39 is 11.9 Å². The van der Waals surface area contributed by atoms with Crippen LogP contribution in [0.4, 0.5) is 5.69 Å². The molecular weight excluding hydrogens is 238 g/mol. The number of carbonyl (C=O) groups excluding carboxylic acids is 1. The largest absolute Gasteiger partial charge is 0.486 e. The summed E-state index contributed by atoms with van der Waals surface area (Å²) in [6, 6.07) is 4.96. The Morgan fingerprint density at radius 3 is 2.61 bits per heavy atom. The maximum atomic E-state index is 11.4. The molecule has 0 aromatic heterocycles. The van der Waals surface area contributed by atoms with Crippen molar-refractivity contribution >= 4 is 17.6 Å². The minimum absolute atomic E-state index is 0.462. The van der Waals surface area contributed by atoms with Crippen LogP contribution in [0.1, 0.15) is 0 Å². The van der Waals surface area contributed by atoms with E-state index >= 15 is 0 Å². The van der Waals surface area contributed by atoms with E-state index in [0.717, 1.165) is 12.2 Å². The Balaban J connectivity index is 2.06. The molecular formula is C12H11NO5. The van der Waals surface area contributed by atoms with Crippen molar-refractivity contribution < 1.29 is 24.2 Å². The zero-order chi connectivity index (χ0) is 13.0. The van der Waals surface area contributed by atoms with Gasteiger partial charge in [0.1, 0.15) is 13.2 Å². The highest BCUT2D eigenvalue weighted by Crippen LogP contribution is 2.32. The Labute approximate surface area is 103 Å². The van der Waals surface area contributed by atoms with E-state index in [0.29, 0.717) is 30.4 Å². The molecule has 0 radical (unpaired) electrons. The molecule has 1 heterocycles. The van der Waals surface area contributed by atoms with Crippen LogP contribution in [0, 0.1) is 0 Å². The van der Waals surface area contributed by atoms with E-state index in [2.05, 4.69) is 5.32 Å². The quantitative estimate of drug-likeness (QED) is 0.782. The lowest BCUT2D eigenvalue weighted by atomic mass is 10.2. The van der Waals surface area contributed by atoms with Gasteiger partial charge < -0.3 is 19.9 Å². The van der Waals surface area contributed by atoms with Gasteiger partial charge in [0, 0.05) is 23.9 Å². The van der Waals surface area contributed by atoms with Crippen LogP contribution in [-0.4, -0.2) is 30.2 Å². The van der Waals surface area contributed by atoms with Crippen LogP contribution in [0.15, 0.2) is 30.4 Å². The summed E-state index contributed by atoms with van der Waals surface area (Å²) in [5.41, 5.74) is 0.513. The van der Waals surface area contributed by atoms with Gasteiger partial charge in [0.05, 0.1) is 0 Å².